The van der Waals surface area contributed by atoms with Crippen LogP contribution in [0.4, 0.5) is 5.82 Å². The predicted molar refractivity (Wildman–Crippen MR) is 89.5 cm³/mol. The maximum absolute atomic E-state index is 6.24. The van der Waals surface area contributed by atoms with Gasteiger partial charge in [-0.2, -0.15) is 0 Å². The van der Waals surface area contributed by atoms with E-state index in [2.05, 4.69) is 21.1 Å². The van der Waals surface area contributed by atoms with E-state index in [4.69, 9.17) is 33.5 Å². The summed E-state index contributed by atoms with van der Waals surface area (Å²) in [6, 6.07) is 12.9. The lowest BCUT2D eigenvalue weighted by Gasteiger charge is -2.07. The summed E-state index contributed by atoms with van der Waals surface area (Å²) < 4.78 is 6.31. The average Bonchev–Trinajstić information content (AvgIpc) is 2.80. The smallest absolute Gasteiger partial charge is 0.179 e. The Hall–Kier alpha value is -1.49. The molecule has 3 aromatic rings. The first-order valence-electron chi connectivity index (χ1n) is 6.03. The molecule has 0 bridgehead atoms. The maximum Gasteiger partial charge on any atom is 0.179 e. The first-order chi connectivity index (χ1) is 10.1. The van der Waals surface area contributed by atoms with Gasteiger partial charge in [-0.15, -0.1) is 0 Å². The minimum absolute atomic E-state index is 0.291. The molecule has 2 aromatic carbocycles. The topological polar surface area (TPSA) is 52.0 Å². The largest absolute Gasteiger partial charge is 0.380 e. The van der Waals surface area contributed by atoms with E-state index in [1.54, 1.807) is 18.2 Å². The summed E-state index contributed by atoms with van der Waals surface area (Å²) in [5.74, 6) is 0.750. The van der Waals surface area contributed by atoms with Crippen molar-refractivity contribution in [3.8, 4) is 22.5 Å². The van der Waals surface area contributed by atoms with Crippen molar-refractivity contribution in [1.82, 2.24) is 5.16 Å². The van der Waals surface area contributed by atoms with E-state index in [0.717, 1.165) is 10.0 Å². The second-order valence-electron chi connectivity index (χ2n) is 4.38. The van der Waals surface area contributed by atoms with Crippen molar-refractivity contribution in [2.45, 2.75) is 0 Å². The van der Waals surface area contributed by atoms with E-state index in [0.29, 0.717) is 32.8 Å². The molecule has 0 amide bonds. The molecule has 0 unspecified atom stereocenters. The van der Waals surface area contributed by atoms with Gasteiger partial charge in [-0.1, -0.05) is 62.5 Å². The van der Waals surface area contributed by atoms with Crippen molar-refractivity contribution in [1.29, 1.82) is 0 Å². The van der Waals surface area contributed by atoms with E-state index in [-0.39, 0.29) is 0 Å². The molecule has 6 heteroatoms. The normalized spacial score (nSPS) is 10.8. The number of hydrogen-bond acceptors (Lipinski definition) is 3. The lowest BCUT2D eigenvalue weighted by molar-refractivity contribution is 0.436. The summed E-state index contributed by atoms with van der Waals surface area (Å²) in [5.41, 5.74) is 8.08. The van der Waals surface area contributed by atoms with Crippen molar-refractivity contribution in [2.24, 2.45) is 0 Å². The van der Waals surface area contributed by atoms with Crippen molar-refractivity contribution in [3.63, 3.8) is 0 Å². The Labute approximate surface area is 139 Å². The molecule has 3 nitrogen and oxygen atoms in total. The Morgan fingerprint density at radius 2 is 1.67 bits per heavy atom. The fraction of sp³-hybridized carbons (Fsp3) is 0. The van der Waals surface area contributed by atoms with Gasteiger partial charge in [0.05, 0.1) is 21.2 Å². The van der Waals surface area contributed by atoms with Crippen molar-refractivity contribution < 1.29 is 4.52 Å². The van der Waals surface area contributed by atoms with Crippen LogP contribution in [0.5, 0.6) is 0 Å². The first kappa shape index (κ1) is 14.4. The van der Waals surface area contributed by atoms with Gasteiger partial charge in [-0.3, -0.25) is 0 Å². The van der Waals surface area contributed by atoms with Crippen LogP contribution in [0.25, 0.3) is 22.5 Å². The van der Waals surface area contributed by atoms with Gasteiger partial charge >= 0.3 is 0 Å². The van der Waals surface area contributed by atoms with Gasteiger partial charge in [0.15, 0.2) is 11.6 Å². The number of aromatic nitrogens is 1. The van der Waals surface area contributed by atoms with E-state index in [9.17, 15) is 0 Å². The maximum atomic E-state index is 6.24. The van der Waals surface area contributed by atoms with Gasteiger partial charge in [0.1, 0.15) is 0 Å². The SMILES string of the molecule is Nc1noc(-c2c(Cl)cccc2Cl)c1-c1cccc(Br)c1. The molecule has 1 heterocycles. The second-order valence-corrected chi connectivity index (χ2v) is 6.11. The number of rotatable bonds is 2. The molecule has 0 saturated heterocycles. The number of benzene rings is 2. The molecule has 0 spiro atoms. The average molecular weight is 384 g/mol. The third-order valence-electron chi connectivity index (χ3n) is 3.02. The highest BCUT2D eigenvalue weighted by atomic mass is 79.9. The molecule has 0 fully saturated rings. The van der Waals surface area contributed by atoms with E-state index in [1.807, 2.05) is 24.3 Å². The number of hydrogen-bond donors (Lipinski definition) is 1. The zero-order valence-electron chi connectivity index (χ0n) is 10.6. The molecule has 0 aliphatic carbocycles. The third-order valence-corrected chi connectivity index (χ3v) is 4.14. The van der Waals surface area contributed by atoms with Crippen LogP contribution < -0.4 is 5.73 Å². The lowest BCUT2D eigenvalue weighted by atomic mass is 10.0. The van der Waals surface area contributed by atoms with Crippen LogP contribution in [0.1, 0.15) is 0 Å². The zero-order valence-corrected chi connectivity index (χ0v) is 13.7. The molecule has 21 heavy (non-hydrogen) atoms. The fourth-order valence-corrected chi connectivity index (χ4v) is 3.08. The number of nitrogens with zero attached hydrogens (tertiary/aromatic N) is 1. The van der Waals surface area contributed by atoms with Crippen LogP contribution in [-0.4, -0.2) is 5.16 Å². The van der Waals surface area contributed by atoms with Crippen molar-refractivity contribution in [3.05, 3.63) is 57.0 Å². The molecule has 0 atom stereocenters. The number of halogens is 3. The monoisotopic (exact) mass is 382 g/mol. The van der Waals surface area contributed by atoms with Gasteiger partial charge in [-0.25, -0.2) is 0 Å². The van der Waals surface area contributed by atoms with Crippen LogP contribution in [0, 0.1) is 0 Å². The standard InChI is InChI=1S/C15H9BrCl2N2O/c16-9-4-1-3-8(7-9)12-14(21-20-15(12)19)13-10(17)5-2-6-11(13)18/h1-7H,(H2,19,20). The molecule has 3 rings (SSSR count). The molecule has 2 N–H and O–H groups in total. The van der Waals surface area contributed by atoms with Crippen LogP contribution in [0.15, 0.2) is 51.5 Å². The minimum atomic E-state index is 0.291. The van der Waals surface area contributed by atoms with E-state index >= 15 is 0 Å². The molecule has 0 aliphatic heterocycles. The van der Waals surface area contributed by atoms with Crippen molar-refractivity contribution >= 4 is 44.9 Å². The second kappa shape index (κ2) is 5.72. The first-order valence-corrected chi connectivity index (χ1v) is 7.58. The Kier molecular flexibility index (Phi) is 3.93. The predicted octanol–water partition coefficient (Wildman–Crippen LogP) is 5.66. The van der Waals surface area contributed by atoms with Crippen LogP contribution in [0.2, 0.25) is 10.0 Å². The third kappa shape index (κ3) is 2.67. The fourth-order valence-electron chi connectivity index (χ4n) is 2.11. The lowest BCUT2D eigenvalue weighted by Crippen LogP contribution is -1.89. The number of nitrogens with two attached hydrogens (primary N) is 1. The van der Waals surface area contributed by atoms with Gasteiger partial charge in [-0.05, 0) is 29.8 Å². The molecular formula is C15H9BrCl2N2O. The molecule has 0 radical (unpaired) electrons. The summed E-state index contributed by atoms with van der Waals surface area (Å²) in [6.45, 7) is 0. The Morgan fingerprint density at radius 3 is 2.33 bits per heavy atom. The van der Waals surface area contributed by atoms with E-state index < -0.39 is 0 Å². The van der Waals surface area contributed by atoms with Crippen LogP contribution >= 0.6 is 39.1 Å². The minimum Gasteiger partial charge on any atom is -0.380 e. The summed E-state index contributed by atoms with van der Waals surface area (Å²) in [7, 11) is 0. The number of nitrogen functional groups attached to an aromatic ring is 1. The molecular weight excluding hydrogens is 375 g/mol. The Morgan fingerprint density at radius 1 is 1.00 bits per heavy atom. The van der Waals surface area contributed by atoms with Gasteiger partial charge in [0.2, 0.25) is 0 Å². The Balaban J connectivity index is 2.27. The molecule has 1 aromatic heterocycles. The number of anilines is 1. The summed E-state index contributed by atoms with van der Waals surface area (Å²) in [5, 5.41) is 4.81. The Bertz CT molecular complexity index is 797. The highest BCUT2D eigenvalue weighted by molar-refractivity contribution is 9.10. The van der Waals surface area contributed by atoms with Gasteiger partial charge < -0.3 is 10.3 Å². The summed E-state index contributed by atoms with van der Waals surface area (Å²) in [4.78, 5) is 0. The van der Waals surface area contributed by atoms with Crippen LogP contribution in [0.3, 0.4) is 0 Å². The van der Waals surface area contributed by atoms with Gasteiger partial charge in [0.25, 0.3) is 0 Å². The molecule has 0 saturated carbocycles. The van der Waals surface area contributed by atoms with Crippen LogP contribution in [-0.2, 0) is 0 Å². The van der Waals surface area contributed by atoms with Gasteiger partial charge in [0, 0.05) is 4.47 Å². The molecule has 106 valence electrons. The summed E-state index contributed by atoms with van der Waals surface area (Å²) >= 11 is 15.9. The quantitative estimate of drug-likeness (QED) is 0.621. The molecule has 0 aliphatic rings. The highest BCUT2D eigenvalue weighted by Crippen LogP contribution is 2.43. The summed E-state index contributed by atoms with van der Waals surface area (Å²) in [6.07, 6.45) is 0. The zero-order chi connectivity index (χ0) is 15.0. The van der Waals surface area contributed by atoms with Crippen molar-refractivity contribution in [2.75, 3.05) is 5.73 Å². The van der Waals surface area contributed by atoms with E-state index in [1.165, 1.54) is 0 Å². The highest BCUT2D eigenvalue weighted by Gasteiger charge is 2.21.